The molecule has 0 fully saturated rings. The second-order valence-corrected chi connectivity index (χ2v) is 6.83. The summed E-state index contributed by atoms with van der Waals surface area (Å²) in [6.45, 7) is 6.37. The first-order valence-corrected chi connectivity index (χ1v) is 8.23. The molecule has 0 saturated heterocycles. The number of halogens is 3. The molecular weight excluding hydrogens is 359 g/mol. The SMILES string of the molecule is Cc1cc(Br)ccc1-n1nc(CC(C)C)c(CCl)c1Cl. The van der Waals surface area contributed by atoms with E-state index in [2.05, 4.69) is 40.9 Å². The average molecular weight is 376 g/mol. The highest BCUT2D eigenvalue weighted by atomic mass is 79.9. The lowest BCUT2D eigenvalue weighted by atomic mass is 10.1. The Labute approximate surface area is 138 Å². The topological polar surface area (TPSA) is 17.8 Å². The summed E-state index contributed by atoms with van der Waals surface area (Å²) in [5, 5.41) is 5.28. The van der Waals surface area contributed by atoms with E-state index in [1.807, 2.05) is 19.1 Å². The molecule has 0 aliphatic heterocycles. The molecule has 2 nitrogen and oxygen atoms in total. The van der Waals surface area contributed by atoms with E-state index in [0.717, 1.165) is 33.4 Å². The van der Waals surface area contributed by atoms with Crippen molar-refractivity contribution >= 4 is 39.1 Å². The van der Waals surface area contributed by atoms with Crippen molar-refractivity contribution in [3.63, 3.8) is 0 Å². The Balaban J connectivity index is 2.54. The van der Waals surface area contributed by atoms with E-state index in [1.165, 1.54) is 0 Å². The Bertz CT molecular complexity index is 621. The molecule has 1 aromatic heterocycles. The highest BCUT2D eigenvalue weighted by Crippen LogP contribution is 2.29. The van der Waals surface area contributed by atoms with Gasteiger partial charge in [0.2, 0.25) is 0 Å². The normalized spacial score (nSPS) is 11.3. The first-order chi connectivity index (χ1) is 9.43. The van der Waals surface area contributed by atoms with Crippen LogP contribution in [0.25, 0.3) is 5.69 Å². The van der Waals surface area contributed by atoms with Crippen molar-refractivity contribution in [1.29, 1.82) is 0 Å². The highest BCUT2D eigenvalue weighted by molar-refractivity contribution is 9.10. The van der Waals surface area contributed by atoms with E-state index in [-0.39, 0.29) is 0 Å². The van der Waals surface area contributed by atoms with Crippen LogP contribution in [-0.4, -0.2) is 9.78 Å². The second-order valence-electron chi connectivity index (χ2n) is 5.29. The van der Waals surface area contributed by atoms with Crippen molar-refractivity contribution in [3.05, 3.63) is 44.6 Å². The molecule has 2 rings (SSSR count). The zero-order valence-electron chi connectivity index (χ0n) is 11.8. The van der Waals surface area contributed by atoms with Crippen LogP contribution in [0.4, 0.5) is 0 Å². The maximum absolute atomic E-state index is 6.46. The van der Waals surface area contributed by atoms with Gasteiger partial charge in [0.1, 0.15) is 5.15 Å². The number of aryl methyl sites for hydroxylation is 1. The van der Waals surface area contributed by atoms with Crippen LogP contribution in [0.3, 0.4) is 0 Å². The van der Waals surface area contributed by atoms with E-state index < -0.39 is 0 Å². The lowest BCUT2D eigenvalue weighted by molar-refractivity contribution is 0.626. The third kappa shape index (κ3) is 3.21. The molecule has 20 heavy (non-hydrogen) atoms. The van der Waals surface area contributed by atoms with Crippen molar-refractivity contribution in [3.8, 4) is 5.69 Å². The minimum atomic E-state index is 0.385. The molecule has 0 aliphatic carbocycles. The molecule has 0 bridgehead atoms. The molecule has 0 spiro atoms. The highest BCUT2D eigenvalue weighted by Gasteiger charge is 2.18. The summed E-state index contributed by atoms with van der Waals surface area (Å²) in [4.78, 5) is 0. The Morgan fingerprint density at radius 2 is 2.05 bits per heavy atom. The van der Waals surface area contributed by atoms with E-state index in [4.69, 9.17) is 23.2 Å². The van der Waals surface area contributed by atoms with Gasteiger partial charge < -0.3 is 0 Å². The molecule has 1 aromatic carbocycles. The summed E-state index contributed by atoms with van der Waals surface area (Å²) in [5.41, 5.74) is 4.02. The fourth-order valence-corrected chi connectivity index (χ4v) is 3.30. The molecule has 0 N–H and O–H groups in total. The quantitative estimate of drug-likeness (QED) is 0.642. The third-order valence-electron chi connectivity index (χ3n) is 3.13. The first kappa shape index (κ1) is 15.9. The molecule has 0 saturated carbocycles. The van der Waals surface area contributed by atoms with E-state index in [9.17, 15) is 0 Å². The Hall–Kier alpha value is -0.510. The summed E-state index contributed by atoms with van der Waals surface area (Å²) in [5.74, 6) is 0.901. The zero-order chi connectivity index (χ0) is 14.9. The van der Waals surface area contributed by atoms with Gasteiger partial charge in [-0.2, -0.15) is 5.10 Å². The predicted octanol–water partition coefficient (Wildman–Crippen LogP) is 5.53. The van der Waals surface area contributed by atoms with Crippen molar-refractivity contribution < 1.29 is 0 Å². The summed E-state index contributed by atoms with van der Waals surface area (Å²) < 4.78 is 2.83. The maximum Gasteiger partial charge on any atom is 0.137 e. The fraction of sp³-hybridized carbons (Fsp3) is 0.400. The van der Waals surface area contributed by atoms with Crippen LogP contribution in [0, 0.1) is 12.8 Å². The fourth-order valence-electron chi connectivity index (χ4n) is 2.17. The van der Waals surface area contributed by atoms with Crippen molar-refractivity contribution in [2.24, 2.45) is 5.92 Å². The molecular formula is C15H17BrCl2N2. The second kappa shape index (κ2) is 6.50. The lowest BCUT2D eigenvalue weighted by Crippen LogP contribution is -2.01. The van der Waals surface area contributed by atoms with Crippen molar-refractivity contribution in [2.45, 2.75) is 33.1 Å². The lowest BCUT2D eigenvalue weighted by Gasteiger charge is -2.07. The molecule has 0 atom stereocenters. The standard InChI is InChI=1S/C15H17BrCl2N2/c1-9(2)6-13-12(8-17)15(18)20(19-13)14-5-4-11(16)7-10(14)3/h4-5,7,9H,6,8H2,1-3H3. The summed E-state index contributed by atoms with van der Waals surface area (Å²) >= 11 is 16.0. The molecule has 0 amide bonds. The molecule has 0 aliphatic rings. The Kier molecular flexibility index (Phi) is 5.16. The van der Waals surface area contributed by atoms with Crippen molar-refractivity contribution in [1.82, 2.24) is 9.78 Å². The van der Waals surface area contributed by atoms with Gasteiger partial charge in [0, 0.05) is 10.0 Å². The van der Waals surface area contributed by atoms with Gasteiger partial charge in [-0.05, 0) is 43.0 Å². The molecule has 2 aromatic rings. The summed E-state index contributed by atoms with van der Waals surface area (Å²) in [7, 11) is 0. The number of nitrogens with zero attached hydrogens (tertiary/aromatic N) is 2. The van der Waals surface area contributed by atoms with Crippen LogP contribution in [-0.2, 0) is 12.3 Å². The van der Waals surface area contributed by atoms with Gasteiger partial charge in [0.15, 0.2) is 0 Å². The maximum atomic E-state index is 6.46. The van der Waals surface area contributed by atoms with Crippen LogP contribution in [0.2, 0.25) is 5.15 Å². The monoisotopic (exact) mass is 374 g/mol. The zero-order valence-corrected chi connectivity index (χ0v) is 14.8. The number of benzene rings is 1. The molecule has 5 heteroatoms. The number of aromatic nitrogens is 2. The molecule has 0 unspecified atom stereocenters. The Morgan fingerprint density at radius 1 is 1.35 bits per heavy atom. The van der Waals surface area contributed by atoms with Crippen LogP contribution in [0.15, 0.2) is 22.7 Å². The van der Waals surface area contributed by atoms with Gasteiger partial charge in [0.25, 0.3) is 0 Å². The molecule has 0 radical (unpaired) electrons. The number of rotatable bonds is 4. The third-order valence-corrected chi connectivity index (χ3v) is 4.28. The molecule has 108 valence electrons. The van der Waals surface area contributed by atoms with E-state index in [0.29, 0.717) is 17.0 Å². The smallest absolute Gasteiger partial charge is 0.137 e. The van der Waals surface area contributed by atoms with Crippen LogP contribution in [0.1, 0.15) is 30.7 Å². The van der Waals surface area contributed by atoms with Gasteiger partial charge in [0.05, 0.1) is 17.3 Å². The Morgan fingerprint density at radius 3 is 2.60 bits per heavy atom. The van der Waals surface area contributed by atoms with E-state index >= 15 is 0 Å². The van der Waals surface area contributed by atoms with Gasteiger partial charge >= 0.3 is 0 Å². The van der Waals surface area contributed by atoms with Crippen molar-refractivity contribution in [2.75, 3.05) is 0 Å². The van der Waals surface area contributed by atoms with Crippen LogP contribution in [0.5, 0.6) is 0 Å². The minimum absolute atomic E-state index is 0.385. The summed E-state index contributed by atoms with van der Waals surface area (Å²) in [6.07, 6.45) is 0.879. The van der Waals surface area contributed by atoms with Gasteiger partial charge in [-0.25, -0.2) is 4.68 Å². The molecule has 1 heterocycles. The van der Waals surface area contributed by atoms with Gasteiger partial charge in [-0.15, -0.1) is 11.6 Å². The predicted molar refractivity (Wildman–Crippen MR) is 89.1 cm³/mol. The number of alkyl halides is 1. The van der Waals surface area contributed by atoms with Crippen LogP contribution >= 0.6 is 39.1 Å². The van der Waals surface area contributed by atoms with E-state index in [1.54, 1.807) is 4.68 Å². The van der Waals surface area contributed by atoms with Gasteiger partial charge in [-0.3, -0.25) is 0 Å². The summed E-state index contributed by atoms with van der Waals surface area (Å²) in [6, 6.07) is 6.05. The number of hydrogen-bond donors (Lipinski definition) is 0. The average Bonchev–Trinajstić information content (AvgIpc) is 2.65. The van der Waals surface area contributed by atoms with Crippen LogP contribution < -0.4 is 0 Å². The first-order valence-electron chi connectivity index (χ1n) is 6.52. The van der Waals surface area contributed by atoms with Gasteiger partial charge in [-0.1, -0.05) is 41.4 Å². The minimum Gasteiger partial charge on any atom is -0.221 e. The largest absolute Gasteiger partial charge is 0.221 e. The number of hydrogen-bond acceptors (Lipinski definition) is 1.